The maximum atomic E-state index is 13.2. The van der Waals surface area contributed by atoms with Gasteiger partial charge in [-0.15, -0.1) is 0 Å². The molecule has 0 aromatic heterocycles. The predicted molar refractivity (Wildman–Crippen MR) is 131 cm³/mol. The molecule has 1 unspecified atom stereocenters. The Bertz CT molecular complexity index is 1110. The number of aliphatic hydroxyl groups is 1. The number of carbonyl (C=O) groups excluding carboxylic acids is 2. The highest BCUT2D eigenvalue weighted by molar-refractivity contribution is 6.46. The number of Topliss-reactive ketones (excluding diaryl/α,β-unsaturated/α-hetero) is 1. The topological polar surface area (TPSA) is 85.3 Å². The summed E-state index contributed by atoms with van der Waals surface area (Å²) in [4.78, 5) is 27.7. The van der Waals surface area contributed by atoms with Gasteiger partial charge in [-0.1, -0.05) is 35.3 Å². The largest absolute Gasteiger partial charge is 0.507 e. The molecule has 0 radical (unpaired) electrons. The van der Waals surface area contributed by atoms with E-state index in [0.717, 1.165) is 0 Å². The maximum Gasteiger partial charge on any atom is 0.295 e. The molecule has 1 heterocycles. The Balaban J connectivity index is 2.22. The van der Waals surface area contributed by atoms with Crippen LogP contribution in [0.3, 0.4) is 0 Å². The van der Waals surface area contributed by atoms with Crippen molar-refractivity contribution in [3.63, 3.8) is 0 Å². The number of aliphatic hydroxyl groups excluding tert-OH is 1. The number of likely N-dealkylation sites (tertiary alicyclic amines) is 1. The summed E-state index contributed by atoms with van der Waals surface area (Å²) in [5.41, 5.74) is 0.652. The number of amides is 1. The Kier molecular flexibility index (Phi) is 8.47. The zero-order valence-corrected chi connectivity index (χ0v) is 20.9. The van der Waals surface area contributed by atoms with Crippen molar-refractivity contribution in [1.82, 2.24) is 4.90 Å². The van der Waals surface area contributed by atoms with Gasteiger partial charge in [0.2, 0.25) is 0 Å². The van der Waals surface area contributed by atoms with Crippen molar-refractivity contribution < 1.29 is 28.9 Å². The van der Waals surface area contributed by atoms with Crippen molar-refractivity contribution in [2.75, 3.05) is 27.4 Å². The van der Waals surface area contributed by atoms with Crippen LogP contribution in [0.5, 0.6) is 11.5 Å². The molecule has 3 rings (SSSR count). The first-order valence-electron chi connectivity index (χ1n) is 10.8. The van der Waals surface area contributed by atoms with Gasteiger partial charge in [0.15, 0.2) is 0 Å². The molecule has 0 spiro atoms. The molecule has 182 valence electrons. The number of benzene rings is 2. The standard InChI is InChI=1S/C25H27Cl2NO6/c1-14(2)34-17-8-5-7-15(11-17)21-20(23(30)25(31)28(21)9-6-10-32-3)22(29)18-12-16(26)13-19(27)24(18)33-4/h5,7-8,11-14,21,29H,6,9-10H2,1-4H3/b22-20+. The third kappa shape index (κ3) is 5.32. The molecule has 1 aliphatic rings. The van der Waals surface area contributed by atoms with Crippen LogP contribution in [0.1, 0.15) is 37.4 Å². The van der Waals surface area contributed by atoms with Gasteiger partial charge in [0, 0.05) is 25.3 Å². The lowest BCUT2D eigenvalue weighted by Crippen LogP contribution is -2.31. The molecule has 1 amide bonds. The number of methoxy groups -OCH3 is 2. The van der Waals surface area contributed by atoms with Gasteiger partial charge in [-0.3, -0.25) is 9.59 Å². The number of ketones is 1. The zero-order valence-electron chi connectivity index (χ0n) is 19.4. The van der Waals surface area contributed by atoms with E-state index in [1.54, 1.807) is 31.4 Å². The highest BCUT2D eigenvalue weighted by atomic mass is 35.5. The molecule has 1 atom stereocenters. The third-order valence-electron chi connectivity index (χ3n) is 5.30. The molecule has 9 heteroatoms. The quantitative estimate of drug-likeness (QED) is 0.216. The SMILES string of the molecule is COCCCN1C(=O)C(=O)/C(=C(/O)c2cc(Cl)cc(Cl)c2OC)C1c1cccc(OC(C)C)c1. The minimum atomic E-state index is -0.852. The average Bonchev–Trinajstić information content (AvgIpc) is 3.03. The Morgan fingerprint density at radius 3 is 2.53 bits per heavy atom. The fourth-order valence-corrected chi connectivity index (χ4v) is 4.53. The molecule has 34 heavy (non-hydrogen) atoms. The molecule has 1 fully saturated rings. The molecular weight excluding hydrogens is 481 g/mol. The number of nitrogens with zero attached hydrogens (tertiary/aromatic N) is 1. The second-order valence-electron chi connectivity index (χ2n) is 8.05. The van der Waals surface area contributed by atoms with E-state index < -0.39 is 23.5 Å². The lowest BCUT2D eigenvalue weighted by atomic mass is 9.94. The van der Waals surface area contributed by atoms with Gasteiger partial charge in [-0.05, 0) is 50.1 Å². The van der Waals surface area contributed by atoms with Crippen LogP contribution >= 0.6 is 23.2 Å². The number of rotatable bonds is 9. The van der Waals surface area contributed by atoms with E-state index >= 15 is 0 Å². The highest BCUT2D eigenvalue weighted by Crippen LogP contribution is 2.43. The summed E-state index contributed by atoms with van der Waals surface area (Å²) in [7, 11) is 2.95. The molecule has 1 aliphatic heterocycles. The molecule has 2 aromatic carbocycles. The minimum Gasteiger partial charge on any atom is -0.507 e. The second-order valence-corrected chi connectivity index (χ2v) is 8.89. The Labute approximate surface area is 208 Å². The number of carbonyl (C=O) groups is 2. The molecule has 1 N–H and O–H groups in total. The van der Waals surface area contributed by atoms with Gasteiger partial charge >= 0.3 is 0 Å². The van der Waals surface area contributed by atoms with Crippen molar-refractivity contribution in [3.05, 3.63) is 63.1 Å². The first kappa shape index (κ1) is 25.9. The molecule has 2 aromatic rings. The Morgan fingerprint density at radius 2 is 1.88 bits per heavy atom. The van der Waals surface area contributed by atoms with Crippen molar-refractivity contribution in [3.8, 4) is 11.5 Å². The van der Waals surface area contributed by atoms with E-state index in [2.05, 4.69) is 0 Å². The van der Waals surface area contributed by atoms with E-state index in [1.165, 1.54) is 24.1 Å². The Morgan fingerprint density at radius 1 is 1.15 bits per heavy atom. The fourth-order valence-electron chi connectivity index (χ4n) is 3.96. The second kappa shape index (κ2) is 11.1. The lowest BCUT2D eigenvalue weighted by molar-refractivity contribution is -0.140. The van der Waals surface area contributed by atoms with Crippen LogP contribution < -0.4 is 9.47 Å². The predicted octanol–water partition coefficient (Wildman–Crippen LogP) is 5.25. The monoisotopic (exact) mass is 507 g/mol. The zero-order chi connectivity index (χ0) is 25.0. The van der Waals surface area contributed by atoms with Crippen LogP contribution in [0, 0.1) is 0 Å². The van der Waals surface area contributed by atoms with Crippen molar-refractivity contribution in [2.24, 2.45) is 0 Å². The summed E-state index contributed by atoms with van der Waals surface area (Å²) in [6.07, 6.45) is 0.440. The van der Waals surface area contributed by atoms with Crippen LogP contribution in [-0.4, -0.2) is 55.2 Å². The normalized spacial score (nSPS) is 17.5. The third-order valence-corrected chi connectivity index (χ3v) is 5.80. The van der Waals surface area contributed by atoms with Crippen LogP contribution in [0.25, 0.3) is 5.76 Å². The summed E-state index contributed by atoms with van der Waals surface area (Å²) < 4.78 is 16.3. The van der Waals surface area contributed by atoms with Gasteiger partial charge in [-0.25, -0.2) is 0 Å². The van der Waals surface area contributed by atoms with Gasteiger partial charge < -0.3 is 24.2 Å². The van der Waals surface area contributed by atoms with Crippen molar-refractivity contribution in [2.45, 2.75) is 32.4 Å². The minimum absolute atomic E-state index is 0.0684. The molecule has 0 aliphatic carbocycles. The van der Waals surface area contributed by atoms with Gasteiger partial charge in [0.25, 0.3) is 11.7 Å². The Hall–Kier alpha value is -2.74. The number of ether oxygens (including phenoxy) is 3. The fraction of sp³-hybridized carbons (Fsp3) is 0.360. The van der Waals surface area contributed by atoms with Gasteiger partial charge in [-0.2, -0.15) is 0 Å². The average molecular weight is 508 g/mol. The molecule has 0 bridgehead atoms. The first-order valence-corrected chi connectivity index (χ1v) is 11.5. The summed E-state index contributed by atoms with van der Waals surface area (Å²) in [6, 6.07) is 9.16. The summed E-state index contributed by atoms with van der Waals surface area (Å²) in [6.45, 7) is 4.46. The van der Waals surface area contributed by atoms with E-state index in [9.17, 15) is 14.7 Å². The molecular formula is C25H27Cl2NO6. The number of hydrogen-bond acceptors (Lipinski definition) is 6. The first-order chi connectivity index (χ1) is 16.2. The highest BCUT2D eigenvalue weighted by Gasteiger charge is 2.46. The van der Waals surface area contributed by atoms with Gasteiger partial charge in [0.1, 0.15) is 17.3 Å². The van der Waals surface area contributed by atoms with E-state index in [-0.39, 0.29) is 39.6 Å². The number of halogens is 2. The van der Waals surface area contributed by atoms with Gasteiger partial charge in [0.05, 0.1) is 35.4 Å². The van der Waals surface area contributed by atoms with Crippen LogP contribution in [0.15, 0.2) is 42.0 Å². The summed E-state index contributed by atoms with van der Waals surface area (Å²) >= 11 is 12.4. The number of hydrogen-bond donors (Lipinski definition) is 1. The smallest absolute Gasteiger partial charge is 0.295 e. The van der Waals surface area contributed by atoms with E-state index in [0.29, 0.717) is 24.3 Å². The van der Waals surface area contributed by atoms with E-state index in [1.807, 2.05) is 13.8 Å². The molecule has 0 saturated carbocycles. The summed E-state index contributed by atoms with van der Waals surface area (Å²) in [5.74, 6) is -1.23. The van der Waals surface area contributed by atoms with Crippen LogP contribution in [-0.2, 0) is 14.3 Å². The summed E-state index contributed by atoms with van der Waals surface area (Å²) in [5, 5.41) is 11.7. The molecule has 1 saturated heterocycles. The maximum absolute atomic E-state index is 13.2. The van der Waals surface area contributed by atoms with E-state index in [4.69, 9.17) is 37.4 Å². The lowest BCUT2D eigenvalue weighted by Gasteiger charge is -2.26. The van der Waals surface area contributed by atoms with Crippen molar-refractivity contribution >= 4 is 40.7 Å². The molecule has 7 nitrogen and oxygen atoms in total. The van der Waals surface area contributed by atoms with Crippen molar-refractivity contribution in [1.29, 1.82) is 0 Å². The van der Waals surface area contributed by atoms with Crippen LogP contribution in [0.2, 0.25) is 10.0 Å². The van der Waals surface area contributed by atoms with Crippen LogP contribution in [0.4, 0.5) is 0 Å².